The number of benzene rings is 2. The first-order valence-electron chi connectivity index (χ1n) is 6.12. The van der Waals surface area contributed by atoms with E-state index in [9.17, 15) is 14.9 Å². The number of nitro groups is 1. The quantitative estimate of drug-likeness (QED) is 0.477. The van der Waals surface area contributed by atoms with Crippen LogP contribution >= 0.6 is 0 Å². The number of nitrogens with zero attached hydrogens (tertiary/aromatic N) is 1. The third-order valence-electron chi connectivity index (χ3n) is 2.82. The number of Topliss-reactive ketones (excluding diaryl/α,β-unsaturated/α-hetero) is 1. The summed E-state index contributed by atoms with van der Waals surface area (Å²) in [5.74, 6) is 0.802. The van der Waals surface area contributed by atoms with E-state index in [1.807, 2.05) is 0 Å². The highest BCUT2D eigenvalue weighted by Gasteiger charge is 2.16. The lowest BCUT2D eigenvalue weighted by Crippen LogP contribution is -1.95. The summed E-state index contributed by atoms with van der Waals surface area (Å²) >= 11 is 0. The molecule has 2 aromatic rings. The Balaban J connectivity index is 2.31. The normalized spacial score (nSPS) is 10.0. The van der Waals surface area contributed by atoms with Gasteiger partial charge in [0.15, 0.2) is 11.5 Å². The van der Waals surface area contributed by atoms with E-state index in [0.717, 1.165) is 0 Å². The lowest BCUT2D eigenvalue weighted by atomic mass is 10.1. The third kappa shape index (κ3) is 3.36. The molecule has 0 fully saturated rings. The molecule has 0 radical (unpaired) electrons. The summed E-state index contributed by atoms with van der Waals surface area (Å²) in [5.41, 5.74) is 0.327. The van der Waals surface area contributed by atoms with Gasteiger partial charge in [-0.25, -0.2) is 0 Å². The topological polar surface area (TPSA) is 78.7 Å². The predicted molar refractivity (Wildman–Crippen MR) is 76.2 cm³/mol. The lowest BCUT2D eigenvalue weighted by molar-refractivity contribution is -0.385. The number of methoxy groups -OCH3 is 1. The van der Waals surface area contributed by atoms with Crippen LogP contribution in [0.2, 0.25) is 0 Å². The van der Waals surface area contributed by atoms with Crippen molar-refractivity contribution in [1.82, 2.24) is 0 Å². The molecule has 6 heteroatoms. The minimum Gasteiger partial charge on any atom is -0.490 e. The first-order chi connectivity index (χ1) is 10.0. The van der Waals surface area contributed by atoms with Gasteiger partial charge < -0.3 is 9.47 Å². The molecule has 0 saturated heterocycles. The van der Waals surface area contributed by atoms with Gasteiger partial charge in [-0.2, -0.15) is 0 Å². The van der Waals surface area contributed by atoms with Crippen LogP contribution in [0.4, 0.5) is 5.69 Å². The summed E-state index contributed by atoms with van der Waals surface area (Å²) in [5, 5.41) is 11.0. The Morgan fingerprint density at radius 2 is 1.86 bits per heavy atom. The Bertz CT molecular complexity index is 696. The van der Waals surface area contributed by atoms with E-state index in [1.54, 1.807) is 30.3 Å². The zero-order valence-corrected chi connectivity index (χ0v) is 11.5. The largest absolute Gasteiger partial charge is 0.490 e. The summed E-state index contributed by atoms with van der Waals surface area (Å²) in [6.45, 7) is 1.46. The van der Waals surface area contributed by atoms with E-state index < -0.39 is 4.92 Å². The molecule has 21 heavy (non-hydrogen) atoms. The Labute approximate surface area is 121 Å². The summed E-state index contributed by atoms with van der Waals surface area (Å²) in [6, 6.07) is 10.9. The fourth-order valence-corrected chi connectivity index (χ4v) is 1.79. The molecular formula is C15H13NO5. The van der Waals surface area contributed by atoms with Crippen molar-refractivity contribution in [3.63, 3.8) is 0 Å². The first-order valence-corrected chi connectivity index (χ1v) is 6.12. The van der Waals surface area contributed by atoms with Crippen molar-refractivity contribution in [2.75, 3.05) is 7.11 Å². The number of hydrogen-bond acceptors (Lipinski definition) is 5. The Morgan fingerprint density at radius 1 is 1.14 bits per heavy atom. The zero-order valence-electron chi connectivity index (χ0n) is 11.5. The number of ether oxygens (including phenoxy) is 2. The molecule has 0 aliphatic carbocycles. The van der Waals surface area contributed by atoms with Crippen molar-refractivity contribution in [3.05, 3.63) is 58.1 Å². The van der Waals surface area contributed by atoms with E-state index in [1.165, 1.54) is 26.2 Å². The highest BCUT2D eigenvalue weighted by atomic mass is 16.6. The molecule has 6 nitrogen and oxygen atoms in total. The van der Waals surface area contributed by atoms with E-state index >= 15 is 0 Å². The number of ketones is 1. The van der Waals surface area contributed by atoms with Crippen molar-refractivity contribution < 1.29 is 19.2 Å². The van der Waals surface area contributed by atoms with E-state index in [4.69, 9.17) is 9.47 Å². The molecule has 0 saturated carbocycles. The zero-order chi connectivity index (χ0) is 15.4. The molecule has 0 N–H and O–H groups in total. The minimum atomic E-state index is -0.544. The van der Waals surface area contributed by atoms with Crippen LogP contribution in [0.25, 0.3) is 0 Å². The van der Waals surface area contributed by atoms with Gasteiger partial charge in [0.25, 0.3) is 0 Å². The van der Waals surface area contributed by atoms with Crippen LogP contribution in [0.3, 0.4) is 0 Å². The second-order valence-electron chi connectivity index (χ2n) is 4.28. The maximum absolute atomic E-state index is 11.3. The average molecular weight is 287 g/mol. The Kier molecular flexibility index (Phi) is 4.18. The molecule has 0 atom stereocenters. The summed E-state index contributed by atoms with van der Waals surface area (Å²) in [6.07, 6.45) is 0. The van der Waals surface area contributed by atoms with Crippen molar-refractivity contribution in [2.45, 2.75) is 6.92 Å². The summed E-state index contributed by atoms with van der Waals surface area (Å²) in [7, 11) is 1.36. The fourth-order valence-electron chi connectivity index (χ4n) is 1.79. The monoisotopic (exact) mass is 287 g/mol. The minimum absolute atomic E-state index is 0.0823. The van der Waals surface area contributed by atoms with Crippen LogP contribution in [-0.2, 0) is 0 Å². The van der Waals surface area contributed by atoms with E-state index in [0.29, 0.717) is 17.1 Å². The molecular weight excluding hydrogens is 274 g/mol. The van der Waals surface area contributed by atoms with Gasteiger partial charge in [0.05, 0.1) is 18.1 Å². The average Bonchev–Trinajstić information content (AvgIpc) is 2.47. The van der Waals surface area contributed by atoms with Gasteiger partial charge in [-0.3, -0.25) is 14.9 Å². The molecule has 0 heterocycles. The molecule has 0 bridgehead atoms. The van der Waals surface area contributed by atoms with Gasteiger partial charge in [0.2, 0.25) is 0 Å². The third-order valence-corrected chi connectivity index (χ3v) is 2.82. The highest BCUT2D eigenvalue weighted by molar-refractivity contribution is 5.94. The maximum Gasteiger partial charge on any atom is 0.314 e. The lowest BCUT2D eigenvalue weighted by Gasteiger charge is -2.08. The molecule has 108 valence electrons. The van der Waals surface area contributed by atoms with Crippen LogP contribution in [0, 0.1) is 10.1 Å². The van der Waals surface area contributed by atoms with Gasteiger partial charge in [-0.05, 0) is 31.2 Å². The van der Waals surface area contributed by atoms with E-state index in [2.05, 4.69) is 0 Å². The van der Waals surface area contributed by atoms with Gasteiger partial charge in [0.1, 0.15) is 11.5 Å². The van der Waals surface area contributed by atoms with Gasteiger partial charge >= 0.3 is 5.69 Å². The standard InChI is InChI=1S/C15H13NO5/c1-10(17)11-4-3-5-12(8-11)21-13-6-7-15(20-2)14(9-13)16(18)19/h3-9H,1-2H3. The van der Waals surface area contributed by atoms with Gasteiger partial charge in [-0.15, -0.1) is 0 Å². The van der Waals surface area contributed by atoms with Crippen molar-refractivity contribution in [3.8, 4) is 17.2 Å². The van der Waals surface area contributed by atoms with Crippen molar-refractivity contribution in [2.24, 2.45) is 0 Å². The molecule has 0 spiro atoms. The number of hydrogen-bond donors (Lipinski definition) is 0. The van der Waals surface area contributed by atoms with Crippen LogP contribution in [0.5, 0.6) is 17.2 Å². The van der Waals surface area contributed by atoms with Crippen molar-refractivity contribution >= 4 is 11.5 Å². The van der Waals surface area contributed by atoms with Crippen LogP contribution < -0.4 is 9.47 Å². The Morgan fingerprint density at radius 3 is 2.48 bits per heavy atom. The van der Waals surface area contributed by atoms with Crippen LogP contribution in [-0.4, -0.2) is 17.8 Å². The fraction of sp³-hybridized carbons (Fsp3) is 0.133. The summed E-state index contributed by atoms with van der Waals surface area (Å²) < 4.78 is 10.5. The number of rotatable bonds is 5. The van der Waals surface area contributed by atoms with Crippen LogP contribution in [0.1, 0.15) is 17.3 Å². The molecule has 0 aromatic heterocycles. The van der Waals surface area contributed by atoms with E-state index in [-0.39, 0.29) is 17.2 Å². The molecule has 0 aliphatic rings. The van der Waals surface area contributed by atoms with Gasteiger partial charge in [-0.1, -0.05) is 12.1 Å². The summed E-state index contributed by atoms with van der Waals surface area (Å²) in [4.78, 5) is 21.7. The molecule has 0 aliphatic heterocycles. The number of carbonyl (C=O) groups is 1. The SMILES string of the molecule is COc1ccc(Oc2cccc(C(C)=O)c2)cc1[N+](=O)[O-]. The maximum atomic E-state index is 11.3. The molecule has 0 amide bonds. The van der Waals surface area contributed by atoms with Gasteiger partial charge in [0, 0.05) is 5.56 Å². The smallest absolute Gasteiger partial charge is 0.314 e. The second-order valence-corrected chi connectivity index (χ2v) is 4.28. The molecule has 2 rings (SSSR count). The number of nitro benzene ring substituents is 1. The molecule has 2 aromatic carbocycles. The predicted octanol–water partition coefficient (Wildman–Crippen LogP) is 3.60. The highest BCUT2D eigenvalue weighted by Crippen LogP contribution is 2.33. The Hall–Kier alpha value is -2.89. The second kappa shape index (κ2) is 6.04. The van der Waals surface area contributed by atoms with Crippen LogP contribution in [0.15, 0.2) is 42.5 Å². The number of carbonyl (C=O) groups excluding carboxylic acids is 1. The van der Waals surface area contributed by atoms with Crippen molar-refractivity contribution in [1.29, 1.82) is 0 Å². The first kappa shape index (κ1) is 14.5. The molecule has 0 unspecified atom stereocenters.